The largest absolute Gasteiger partial charge is 0.477 e. The highest BCUT2D eigenvalue weighted by Gasteiger charge is 2.17. The minimum Gasteiger partial charge on any atom is -0.477 e. The van der Waals surface area contributed by atoms with Gasteiger partial charge in [-0.1, -0.05) is 11.6 Å². The maximum atomic E-state index is 12.3. The fourth-order valence-electron chi connectivity index (χ4n) is 3.03. The van der Waals surface area contributed by atoms with Gasteiger partial charge in [0, 0.05) is 35.4 Å². The normalized spacial score (nSPS) is 11.2. The first-order chi connectivity index (χ1) is 14.0. The second-order valence-corrected chi connectivity index (χ2v) is 8.18. The van der Waals surface area contributed by atoms with Crippen LogP contribution in [0, 0.1) is 11.3 Å². The molecule has 2 heterocycles. The van der Waals surface area contributed by atoms with Crippen molar-refractivity contribution in [3.05, 3.63) is 57.1 Å². The van der Waals surface area contributed by atoms with Crippen LogP contribution in [-0.4, -0.2) is 26.2 Å². The molecule has 0 unspecified atom stereocenters. The van der Waals surface area contributed by atoms with Crippen LogP contribution in [0.15, 0.2) is 35.1 Å². The Morgan fingerprint density at radius 2 is 1.93 bits per heavy atom. The number of hydrogen-bond donors (Lipinski definition) is 3. The average Bonchev–Trinajstić information content (AvgIpc) is 2.64. The summed E-state index contributed by atoms with van der Waals surface area (Å²) in [4.78, 5) is 27.4. The third-order valence-electron chi connectivity index (χ3n) is 4.34. The summed E-state index contributed by atoms with van der Waals surface area (Å²) in [5.41, 5.74) is 1.55. The Balaban J connectivity index is 2.16. The molecule has 0 amide bonds. The molecular weight excluding hydrogens is 406 g/mol. The monoisotopic (exact) mass is 425 g/mol. The second kappa shape index (κ2) is 7.69. The molecule has 0 radical (unpaired) electrons. The number of pyridine rings is 2. The number of carboxylic acids is 1. The standard InChI is InChI=1S/C21H20ClN5O3/c1-21(2,3)26-15-9-18(28)27(4)17-6-5-11(7-12(15)17)24-14-8-16(20(29)30)25-19(22)13(14)10-23/h5-9,26H,1-4H3,(H,24,25)(H,29,30). The molecule has 0 atom stereocenters. The van der Waals surface area contributed by atoms with Crippen LogP contribution in [0.5, 0.6) is 0 Å². The molecule has 3 N–H and O–H groups in total. The van der Waals surface area contributed by atoms with Crippen LogP contribution in [0.3, 0.4) is 0 Å². The predicted molar refractivity (Wildman–Crippen MR) is 117 cm³/mol. The van der Waals surface area contributed by atoms with Gasteiger partial charge in [0.1, 0.15) is 16.8 Å². The molecule has 0 fully saturated rings. The Morgan fingerprint density at radius 3 is 2.53 bits per heavy atom. The first kappa shape index (κ1) is 21.1. The van der Waals surface area contributed by atoms with E-state index in [4.69, 9.17) is 11.6 Å². The molecule has 0 saturated heterocycles. The molecule has 3 rings (SSSR count). The maximum absolute atomic E-state index is 12.3. The lowest BCUT2D eigenvalue weighted by Gasteiger charge is -2.24. The quantitative estimate of drug-likeness (QED) is 0.538. The van der Waals surface area contributed by atoms with Crippen molar-refractivity contribution in [3.8, 4) is 6.07 Å². The van der Waals surface area contributed by atoms with Gasteiger partial charge in [0.25, 0.3) is 5.56 Å². The Hall–Kier alpha value is -3.57. The maximum Gasteiger partial charge on any atom is 0.354 e. The molecule has 0 aliphatic carbocycles. The number of carboxylic acid groups (broad SMARTS) is 1. The topological polar surface area (TPSA) is 120 Å². The number of benzene rings is 1. The average molecular weight is 426 g/mol. The number of aromatic carboxylic acids is 1. The van der Waals surface area contributed by atoms with Crippen LogP contribution in [0.2, 0.25) is 5.15 Å². The van der Waals surface area contributed by atoms with E-state index in [9.17, 15) is 20.0 Å². The van der Waals surface area contributed by atoms with Crippen LogP contribution in [0.25, 0.3) is 10.9 Å². The molecule has 9 heteroatoms. The third kappa shape index (κ3) is 4.21. The van der Waals surface area contributed by atoms with E-state index in [-0.39, 0.29) is 33.2 Å². The molecule has 0 aliphatic heterocycles. The van der Waals surface area contributed by atoms with E-state index >= 15 is 0 Å². The highest BCUT2D eigenvalue weighted by Crippen LogP contribution is 2.31. The molecule has 2 aromatic heterocycles. The van der Waals surface area contributed by atoms with E-state index in [1.807, 2.05) is 32.9 Å². The van der Waals surface area contributed by atoms with E-state index < -0.39 is 5.97 Å². The number of rotatable bonds is 4. The molecule has 1 aromatic carbocycles. The zero-order chi connectivity index (χ0) is 22.2. The summed E-state index contributed by atoms with van der Waals surface area (Å²) in [6.45, 7) is 5.97. The van der Waals surface area contributed by atoms with Gasteiger partial charge in [-0.25, -0.2) is 9.78 Å². The van der Waals surface area contributed by atoms with Crippen molar-refractivity contribution in [2.45, 2.75) is 26.3 Å². The van der Waals surface area contributed by atoms with Gasteiger partial charge >= 0.3 is 5.97 Å². The molecule has 154 valence electrons. The number of halogens is 1. The molecule has 0 spiro atoms. The van der Waals surface area contributed by atoms with Crippen LogP contribution in [-0.2, 0) is 7.05 Å². The molecule has 8 nitrogen and oxygen atoms in total. The van der Waals surface area contributed by atoms with Crippen molar-refractivity contribution in [2.75, 3.05) is 10.6 Å². The minimum atomic E-state index is -1.25. The number of nitrogens with zero attached hydrogens (tertiary/aromatic N) is 3. The van der Waals surface area contributed by atoms with Crippen molar-refractivity contribution in [1.82, 2.24) is 9.55 Å². The van der Waals surface area contributed by atoms with E-state index in [1.54, 1.807) is 23.7 Å². The lowest BCUT2D eigenvalue weighted by Crippen LogP contribution is -2.28. The van der Waals surface area contributed by atoms with Gasteiger partial charge in [-0.2, -0.15) is 5.26 Å². The lowest BCUT2D eigenvalue weighted by molar-refractivity contribution is 0.0690. The molecule has 30 heavy (non-hydrogen) atoms. The summed E-state index contributed by atoms with van der Waals surface area (Å²) < 4.78 is 1.54. The van der Waals surface area contributed by atoms with Crippen molar-refractivity contribution in [2.24, 2.45) is 7.05 Å². The fraction of sp³-hybridized carbons (Fsp3) is 0.238. The molecular formula is C21H20ClN5O3. The van der Waals surface area contributed by atoms with Gasteiger partial charge in [-0.3, -0.25) is 4.79 Å². The number of hydrogen-bond acceptors (Lipinski definition) is 6. The van der Waals surface area contributed by atoms with Gasteiger partial charge < -0.3 is 20.3 Å². The number of anilines is 3. The molecule has 3 aromatic rings. The van der Waals surface area contributed by atoms with Crippen LogP contribution < -0.4 is 16.2 Å². The van der Waals surface area contributed by atoms with Gasteiger partial charge in [0.15, 0.2) is 5.69 Å². The number of fused-ring (bicyclic) bond motifs is 1. The van der Waals surface area contributed by atoms with Crippen molar-refractivity contribution < 1.29 is 9.90 Å². The molecule has 0 saturated carbocycles. The smallest absolute Gasteiger partial charge is 0.354 e. The summed E-state index contributed by atoms with van der Waals surface area (Å²) >= 11 is 5.99. The summed E-state index contributed by atoms with van der Waals surface area (Å²) in [7, 11) is 1.69. The summed E-state index contributed by atoms with van der Waals surface area (Å²) in [6, 6.07) is 10.1. The Morgan fingerprint density at radius 1 is 1.23 bits per heavy atom. The summed E-state index contributed by atoms with van der Waals surface area (Å²) in [5, 5.41) is 25.6. The number of aryl methyl sites for hydroxylation is 1. The minimum absolute atomic E-state index is 0.0373. The van der Waals surface area contributed by atoms with Crippen LogP contribution in [0.4, 0.5) is 17.1 Å². The third-order valence-corrected chi connectivity index (χ3v) is 4.61. The van der Waals surface area contributed by atoms with E-state index in [2.05, 4.69) is 15.6 Å². The SMILES string of the molecule is Cn1c(=O)cc(NC(C)(C)C)c2cc(Nc3cc(C(=O)O)nc(Cl)c3C#N)ccc21. The van der Waals surface area contributed by atoms with Gasteiger partial charge in [-0.05, 0) is 45.0 Å². The highest BCUT2D eigenvalue weighted by molar-refractivity contribution is 6.31. The van der Waals surface area contributed by atoms with Gasteiger partial charge in [0.05, 0.1) is 11.2 Å². The van der Waals surface area contributed by atoms with Gasteiger partial charge in [0.2, 0.25) is 0 Å². The van der Waals surface area contributed by atoms with Crippen LogP contribution >= 0.6 is 11.6 Å². The summed E-state index contributed by atoms with van der Waals surface area (Å²) in [6.07, 6.45) is 0. The second-order valence-electron chi connectivity index (χ2n) is 7.83. The van der Waals surface area contributed by atoms with E-state index in [0.29, 0.717) is 11.4 Å². The number of aromatic nitrogens is 2. The van der Waals surface area contributed by atoms with Crippen LogP contribution in [0.1, 0.15) is 36.8 Å². The first-order valence-electron chi connectivity index (χ1n) is 9.03. The first-order valence-corrected chi connectivity index (χ1v) is 9.41. The lowest BCUT2D eigenvalue weighted by atomic mass is 10.1. The summed E-state index contributed by atoms with van der Waals surface area (Å²) in [5.74, 6) is -1.25. The Labute approximate surface area is 177 Å². The van der Waals surface area contributed by atoms with E-state index in [1.165, 1.54) is 12.1 Å². The Bertz CT molecular complexity index is 1270. The van der Waals surface area contributed by atoms with Gasteiger partial charge in [-0.15, -0.1) is 0 Å². The fourth-order valence-corrected chi connectivity index (χ4v) is 3.27. The predicted octanol–water partition coefficient (Wildman–Crippen LogP) is 4.11. The Kier molecular flexibility index (Phi) is 5.42. The zero-order valence-corrected chi connectivity index (χ0v) is 17.6. The number of carbonyl (C=O) groups is 1. The highest BCUT2D eigenvalue weighted by atomic mass is 35.5. The number of nitriles is 1. The van der Waals surface area contributed by atoms with Crippen molar-refractivity contribution in [1.29, 1.82) is 5.26 Å². The number of nitrogens with one attached hydrogen (secondary N) is 2. The van der Waals surface area contributed by atoms with Crippen molar-refractivity contribution in [3.63, 3.8) is 0 Å². The zero-order valence-electron chi connectivity index (χ0n) is 16.9. The van der Waals surface area contributed by atoms with E-state index in [0.717, 1.165) is 10.9 Å². The molecule has 0 aliphatic rings. The van der Waals surface area contributed by atoms with Crippen molar-refractivity contribution >= 4 is 45.5 Å². The molecule has 0 bridgehead atoms.